The molecule has 2 N–H and O–H groups in total. The second-order valence-corrected chi connectivity index (χ2v) is 10.2. The predicted octanol–water partition coefficient (Wildman–Crippen LogP) is 7.77. The largest absolute Gasteiger partial charge is 0.338 e. The highest BCUT2D eigenvalue weighted by Crippen LogP contribution is 2.38. The van der Waals surface area contributed by atoms with Gasteiger partial charge in [0.1, 0.15) is 0 Å². The number of aromatic nitrogens is 2. The molecule has 6 nitrogen and oxygen atoms in total. The van der Waals surface area contributed by atoms with Crippen molar-refractivity contribution in [1.82, 2.24) is 14.9 Å². The van der Waals surface area contributed by atoms with Crippen LogP contribution in [0.2, 0.25) is 0 Å². The Balaban J connectivity index is 1.29. The highest BCUT2D eigenvalue weighted by atomic mass is 32.2. The number of hydrogen-bond donors (Lipinski definition) is 2. The number of nitrogens with one attached hydrogen (secondary N) is 2. The van der Waals surface area contributed by atoms with Crippen molar-refractivity contribution in [3.8, 4) is 34.3 Å². The van der Waals surface area contributed by atoms with Crippen molar-refractivity contribution in [1.29, 1.82) is 5.26 Å². The Morgan fingerprint density at radius 3 is 2.20 bits per heavy atom. The molecule has 0 spiro atoms. The van der Waals surface area contributed by atoms with E-state index in [1.54, 1.807) is 36.0 Å². The van der Waals surface area contributed by atoms with E-state index in [0.29, 0.717) is 17.8 Å². The number of imidazole rings is 1. The van der Waals surface area contributed by atoms with E-state index >= 15 is 0 Å². The van der Waals surface area contributed by atoms with Crippen LogP contribution in [-0.2, 0) is 0 Å². The fourth-order valence-corrected chi connectivity index (χ4v) is 5.42. The molecule has 5 rings (SSSR count). The van der Waals surface area contributed by atoms with E-state index in [2.05, 4.69) is 69.8 Å². The fourth-order valence-electron chi connectivity index (χ4n) is 4.41. The lowest BCUT2D eigenvalue weighted by atomic mass is 10.0. The van der Waals surface area contributed by atoms with Crippen LogP contribution in [0.3, 0.4) is 0 Å². The molecular weight excluding hydrogens is 514 g/mol. The summed E-state index contributed by atoms with van der Waals surface area (Å²) >= 11 is 1.72. The van der Waals surface area contributed by atoms with Crippen molar-refractivity contribution < 1.29 is 4.79 Å². The number of urea groups is 1. The summed E-state index contributed by atoms with van der Waals surface area (Å²) in [5, 5.41) is 15.6. The molecule has 0 fully saturated rings. The highest BCUT2D eigenvalue weighted by Gasteiger charge is 2.21. The van der Waals surface area contributed by atoms with E-state index < -0.39 is 0 Å². The monoisotopic (exact) mass is 543 g/mol. The first kappa shape index (κ1) is 26.8. The molecule has 0 saturated carbocycles. The number of carbonyl (C=O) groups is 1. The molecule has 0 aliphatic rings. The van der Waals surface area contributed by atoms with Crippen LogP contribution in [0.4, 0.5) is 10.5 Å². The van der Waals surface area contributed by atoms with Crippen molar-refractivity contribution in [2.24, 2.45) is 0 Å². The van der Waals surface area contributed by atoms with Gasteiger partial charge in [-0.15, -0.1) is 0 Å². The molecule has 0 unspecified atom stereocenters. The van der Waals surface area contributed by atoms with Crippen LogP contribution in [-0.4, -0.2) is 27.9 Å². The Bertz CT molecular complexity index is 1590. The molecule has 198 valence electrons. The minimum Gasteiger partial charge on any atom is -0.338 e. The smallest absolute Gasteiger partial charge is 0.319 e. The summed E-state index contributed by atoms with van der Waals surface area (Å²) in [5.74, 6) is 0.861. The number of para-hydroxylation sites is 1. The molecule has 40 heavy (non-hydrogen) atoms. The first-order valence-electron chi connectivity index (χ1n) is 13.2. The number of unbranched alkanes of at least 4 members (excludes halogenated alkanes) is 1. The van der Waals surface area contributed by atoms with Crippen LogP contribution < -0.4 is 10.6 Å². The van der Waals surface area contributed by atoms with Gasteiger partial charge in [0, 0.05) is 34.8 Å². The van der Waals surface area contributed by atoms with Gasteiger partial charge < -0.3 is 10.6 Å². The Morgan fingerprint density at radius 2 is 1.50 bits per heavy atom. The normalized spacial score (nSPS) is 10.6. The summed E-state index contributed by atoms with van der Waals surface area (Å²) in [6.45, 7) is 0.558. The summed E-state index contributed by atoms with van der Waals surface area (Å²) in [7, 11) is 0. The molecule has 0 atom stereocenters. The van der Waals surface area contributed by atoms with Gasteiger partial charge in [0.2, 0.25) is 0 Å². The van der Waals surface area contributed by atoms with Gasteiger partial charge in [0.15, 0.2) is 5.16 Å². The topological polar surface area (TPSA) is 82.7 Å². The van der Waals surface area contributed by atoms with Crippen molar-refractivity contribution in [3.63, 3.8) is 0 Å². The quantitative estimate of drug-likeness (QED) is 0.139. The molecule has 4 aromatic carbocycles. The van der Waals surface area contributed by atoms with E-state index in [1.165, 1.54) is 0 Å². The summed E-state index contributed by atoms with van der Waals surface area (Å²) in [4.78, 5) is 17.4. The zero-order valence-electron chi connectivity index (χ0n) is 22.0. The number of benzene rings is 4. The van der Waals surface area contributed by atoms with Gasteiger partial charge in [-0.25, -0.2) is 9.78 Å². The van der Waals surface area contributed by atoms with Crippen molar-refractivity contribution in [2.75, 3.05) is 17.6 Å². The van der Waals surface area contributed by atoms with E-state index in [9.17, 15) is 4.79 Å². The van der Waals surface area contributed by atoms with E-state index in [-0.39, 0.29) is 6.03 Å². The van der Waals surface area contributed by atoms with Crippen LogP contribution in [0.1, 0.15) is 18.4 Å². The lowest BCUT2D eigenvalue weighted by Gasteiger charge is -2.13. The van der Waals surface area contributed by atoms with Crippen molar-refractivity contribution >= 4 is 23.5 Å². The van der Waals surface area contributed by atoms with Gasteiger partial charge in [-0.2, -0.15) is 5.26 Å². The molecule has 0 bridgehead atoms. The van der Waals surface area contributed by atoms with Crippen LogP contribution >= 0.6 is 11.8 Å². The van der Waals surface area contributed by atoms with Gasteiger partial charge in [0.05, 0.1) is 23.0 Å². The average molecular weight is 544 g/mol. The average Bonchev–Trinajstić information content (AvgIpc) is 3.39. The zero-order chi connectivity index (χ0) is 27.6. The lowest BCUT2D eigenvalue weighted by molar-refractivity contribution is 0.252. The Hall–Kier alpha value is -4.80. The summed E-state index contributed by atoms with van der Waals surface area (Å²) in [6, 6.07) is 39.7. The molecule has 0 saturated heterocycles. The van der Waals surface area contributed by atoms with Crippen LogP contribution in [0.25, 0.3) is 28.2 Å². The molecule has 0 aliphatic carbocycles. The van der Waals surface area contributed by atoms with E-state index in [0.717, 1.165) is 52.0 Å². The van der Waals surface area contributed by atoms with E-state index in [1.807, 2.05) is 42.5 Å². The third kappa shape index (κ3) is 6.60. The molecular formula is C33H29N5OS. The van der Waals surface area contributed by atoms with Gasteiger partial charge in [-0.1, -0.05) is 96.7 Å². The van der Waals surface area contributed by atoms with Crippen molar-refractivity contribution in [3.05, 3.63) is 121 Å². The molecule has 7 heteroatoms. The van der Waals surface area contributed by atoms with Crippen LogP contribution in [0.15, 0.2) is 120 Å². The first-order chi connectivity index (χ1) is 19.7. The third-order valence-electron chi connectivity index (χ3n) is 6.29. The number of nitriles is 1. The maximum Gasteiger partial charge on any atom is 0.319 e. The highest BCUT2D eigenvalue weighted by molar-refractivity contribution is 7.99. The molecule has 2 amide bonds. The molecule has 0 radical (unpaired) electrons. The molecule has 0 aliphatic heterocycles. The minimum absolute atomic E-state index is 0.276. The van der Waals surface area contributed by atoms with Gasteiger partial charge in [-0.3, -0.25) is 4.57 Å². The number of hydrogen-bond acceptors (Lipinski definition) is 4. The fraction of sp³-hybridized carbons (Fsp3) is 0.121. The standard InChI is InChI=1S/C33H29N5OS/c34-24-25-13-12-18-28(23-25)36-32(39)35-21-10-11-22-40-33-37-30(26-14-4-1-5-15-26)31(27-16-6-2-7-17-27)38(33)29-19-8-3-9-20-29/h1-9,12-20,23H,10-11,21-22H2,(H2,35,36,39). The van der Waals surface area contributed by atoms with Crippen LogP contribution in [0.5, 0.6) is 0 Å². The number of anilines is 1. The number of carbonyl (C=O) groups excluding carboxylic acids is 1. The third-order valence-corrected chi connectivity index (χ3v) is 7.32. The Morgan fingerprint density at radius 1 is 0.825 bits per heavy atom. The summed E-state index contributed by atoms with van der Waals surface area (Å²) < 4.78 is 2.25. The number of nitrogens with zero attached hydrogens (tertiary/aromatic N) is 3. The molecule has 1 aromatic heterocycles. The summed E-state index contributed by atoms with van der Waals surface area (Å²) in [6.07, 6.45) is 1.75. The number of rotatable bonds is 10. The summed E-state index contributed by atoms with van der Waals surface area (Å²) in [5.41, 5.74) is 6.39. The zero-order valence-corrected chi connectivity index (χ0v) is 22.8. The van der Waals surface area contributed by atoms with Crippen LogP contribution in [0, 0.1) is 11.3 Å². The number of amides is 2. The lowest BCUT2D eigenvalue weighted by Crippen LogP contribution is -2.29. The van der Waals surface area contributed by atoms with Crippen molar-refractivity contribution in [2.45, 2.75) is 18.0 Å². The van der Waals surface area contributed by atoms with Gasteiger partial charge >= 0.3 is 6.03 Å². The van der Waals surface area contributed by atoms with Gasteiger partial charge in [0.25, 0.3) is 0 Å². The minimum atomic E-state index is -0.276. The first-order valence-corrected chi connectivity index (χ1v) is 14.2. The number of thioether (sulfide) groups is 1. The predicted molar refractivity (Wildman–Crippen MR) is 163 cm³/mol. The Labute approximate surface area is 238 Å². The second-order valence-electron chi connectivity index (χ2n) is 9.12. The molecule has 1 heterocycles. The SMILES string of the molecule is N#Cc1cccc(NC(=O)NCCCCSc2nc(-c3ccccc3)c(-c3ccccc3)n2-c2ccccc2)c1. The molecule has 5 aromatic rings. The Kier molecular flexibility index (Phi) is 8.92. The van der Waals surface area contributed by atoms with E-state index in [4.69, 9.17) is 10.2 Å². The second kappa shape index (κ2) is 13.3. The van der Waals surface area contributed by atoms with Gasteiger partial charge in [-0.05, 0) is 43.2 Å². The maximum absolute atomic E-state index is 12.3. The maximum atomic E-state index is 12.3.